The van der Waals surface area contributed by atoms with Crippen molar-refractivity contribution >= 4 is 21.6 Å². The third-order valence-corrected chi connectivity index (χ3v) is 5.29. The zero-order chi connectivity index (χ0) is 17.9. The molecule has 3 rings (SSSR count). The second-order valence-electron chi connectivity index (χ2n) is 5.45. The number of nitrogens with zero attached hydrogens (tertiary/aromatic N) is 2. The molecule has 0 saturated heterocycles. The first kappa shape index (κ1) is 17.5. The number of halogens is 1. The molecule has 0 radical (unpaired) electrons. The van der Waals surface area contributed by atoms with Gasteiger partial charge in [-0.15, -0.1) is 0 Å². The minimum absolute atomic E-state index is 0.116. The molecule has 0 bridgehead atoms. The monoisotopic (exact) mass is 373 g/mol. The van der Waals surface area contributed by atoms with Crippen molar-refractivity contribution in [2.75, 3.05) is 0 Å². The summed E-state index contributed by atoms with van der Waals surface area (Å²) in [4.78, 5) is 8.38. The zero-order valence-electron chi connectivity index (χ0n) is 13.5. The Bertz CT molecular complexity index is 972. The maximum Gasteiger partial charge on any atom is 0.240 e. The van der Waals surface area contributed by atoms with Crippen molar-refractivity contribution in [1.82, 2.24) is 14.7 Å². The second-order valence-corrected chi connectivity index (χ2v) is 7.65. The van der Waals surface area contributed by atoms with Gasteiger partial charge in [-0.05, 0) is 48.4 Å². The van der Waals surface area contributed by atoms with Crippen LogP contribution in [0.15, 0.2) is 65.7 Å². The highest BCUT2D eigenvalue weighted by atomic mass is 35.5. The molecule has 7 heteroatoms. The lowest BCUT2D eigenvalue weighted by Crippen LogP contribution is -2.23. The minimum Gasteiger partial charge on any atom is -0.242 e. The van der Waals surface area contributed by atoms with Gasteiger partial charge >= 0.3 is 0 Å². The molecule has 3 aromatic rings. The molecule has 0 aliphatic rings. The topological polar surface area (TPSA) is 72.0 Å². The number of sulfonamides is 1. The van der Waals surface area contributed by atoms with Crippen LogP contribution >= 0.6 is 11.6 Å². The number of aryl methyl sites for hydroxylation is 1. The smallest absolute Gasteiger partial charge is 0.240 e. The Balaban J connectivity index is 1.75. The summed E-state index contributed by atoms with van der Waals surface area (Å²) in [5, 5.41) is 0.659. The van der Waals surface area contributed by atoms with E-state index in [2.05, 4.69) is 14.7 Å². The molecule has 2 aromatic carbocycles. The Kier molecular flexibility index (Phi) is 5.13. The molecule has 0 amide bonds. The minimum atomic E-state index is -3.61. The fourth-order valence-electron chi connectivity index (χ4n) is 2.32. The summed E-state index contributed by atoms with van der Waals surface area (Å²) < 4.78 is 27.4. The van der Waals surface area contributed by atoms with Crippen molar-refractivity contribution in [2.24, 2.45) is 0 Å². The van der Waals surface area contributed by atoms with Crippen molar-refractivity contribution in [3.63, 3.8) is 0 Å². The lowest BCUT2D eigenvalue weighted by atomic mass is 10.1. The highest BCUT2D eigenvalue weighted by Gasteiger charge is 2.14. The first-order valence-electron chi connectivity index (χ1n) is 7.58. The van der Waals surface area contributed by atoms with Gasteiger partial charge in [-0.1, -0.05) is 35.9 Å². The lowest BCUT2D eigenvalue weighted by molar-refractivity contribution is 0.580. The molecule has 128 valence electrons. The van der Waals surface area contributed by atoms with Gasteiger partial charge < -0.3 is 0 Å². The molecular formula is C18H16ClN3O2S. The Labute approximate surface area is 151 Å². The van der Waals surface area contributed by atoms with Crippen molar-refractivity contribution < 1.29 is 8.42 Å². The normalized spacial score (nSPS) is 11.4. The van der Waals surface area contributed by atoms with Gasteiger partial charge in [-0.3, -0.25) is 0 Å². The van der Waals surface area contributed by atoms with E-state index in [1.54, 1.807) is 55.6 Å². The summed E-state index contributed by atoms with van der Waals surface area (Å²) in [6.45, 7) is 1.87. The summed E-state index contributed by atoms with van der Waals surface area (Å²) in [5.41, 5.74) is 2.51. The summed E-state index contributed by atoms with van der Waals surface area (Å²) in [7, 11) is -3.61. The van der Waals surface area contributed by atoms with Gasteiger partial charge in [0.25, 0.3) is 0 Å². The van der Waals surface area contributed by atoms with E-state index in [9.17, 15) is 8.42 Å². The molecule has 0 fully saturated rings. The van der Waals surface area contributed by atoms with Crippen LogP contribution in [0.4, 0.5) is 0 Å². The Morgan fingerprint density at radius 3 is 2.16 bits per heavy atom. The van der Waals surface area contributed by atoms with Crippen molar-refractivity contribution in [3.8, 4) is 11.1 Å². The highest BCUT2D eigenvalue weighted by Crippen LogP contribution is 2.23. The van der Waals surface area contributed by atoms with Crippen LogP contribution in [-0.2, 0) is 16.6 Å². The van der Waals surface area contributed by atoms with E-state index >= 15 is 0 Å². The SMILES string of the molecule is Cc1nccc(CNS(=O)(=O)c2ccc(-c3ccc(Cl)cc3)cc2)n1. The molecular weight excluding hydrogens is 358 g/mol. The summed E-state index contributed by atoms with van der Waals surface area (Å²) in [6, 6.07) is 15.8. The third-order valence-electron chi connectivity index (χ3n) is 3.62. The van der Waals surface area contributed by atoms with E-state index in [0.29, 0.717) is 16.5 Å². The average molecular weight is 374 g/mol. The molecule has 0 spiro atoms. The fraction of sp³-hybridized carbons (Fsp3) is 0.111. The Hall–Kier alpha value is -2.28. The van der Waals surface area contributed by atoms with Crippen LogP contribution in [0.25, 0.3) is 11.1 Å². The molecule has 0 unspecified atom stereocenters. The molecule has 0 atom stereocenters. The quantitative estimate of drug-likeness (QED) is 0.741. The van der Waals surface area contributed by atoms with Gasteiger partial charge in [-0.2, -0.15) is 0 Å². The van der Waals surface area contributed by atoms with Crippen LogP contribution < -0.4 is 4.72 Å². The fourth-order valence-corrected chi connectivity index (χ4v) is 3.45. The highest BCUT2D eigenvalue weighted by molar-refractivity contribution is 7.89. The number of aromatic nitrogens is 2. The van der Waals surface area contributed by atoms with Gasteiger partial charge in [-0.25, -0.2) is 23.1 Å². The van der Waals surface area contributed by atoms with Gasteiger partial charge in [0.2, 0.25) is 10.0 Å². The molecule has 1 aromatic heterocycles. The van der Waals surface area contributed by atoms with E-state index in [-0.39, 0.29) is 11.4 Å². The van der Waals surface area contributed by atoms with Crippen LogP contribution in [0, 0.1) is 6.92 Å². The first-order valence-corrected chi connectivity index (χ1v) is 9.44. The van der Waals surface area contributed by atoms with Crippen LogP contribution in [-0.4, -0.2) is 18.4 Å². The molecule has 1 N–H and O–H groups in total. The van der Waals surface area contributed by atoms with Gasteiger partial charge in [0.1, 0.15) is 5.82 Å². The van der Waals surface area contributed by atoms with E-state index < -0.39 is 10.0 Å². The number of hydrogen-bond donors (Lipinski definition) is 1. The van der Waals surface area contributed by atoms with Crippen molar-refractivity contribution in [1.29, 1.82) is 0 Å². The van der Waals surface area contributed by atoms with Crippen molar-refractivity contribution in [3.05, 3.63) is 77.3 Å². The Morgan fingerprint density at radius 2 is 1.56 bits per heavy atom. The maximum absolute atomic E-state index is 12.4. The predicted molar refractivity (Wildman–Crippen MR) is 97.7 cm³/mol. The molecule has 0 aliphatic carbocycles. The zero-order valence-corrected chi connectivity index (χ0v) is 15.1. The molecule has 25 heavy (non-hydrogen) atoms. The number of benzene rings is 2. The van der Waals surface area contributed by atoms with Crippen LogP contribution in [0.2, 0.25) is 5.02 Å². The molecule has 0 saturated carbocycles. The molecule has 5 nitrogen and oxygen atoms in total. The summed E-state index contributed by atoms with van der Waals surface area (Å²) >= 11 is 5.88. The molecule has 0 aliphatic heterocycles. The van der Waals surface area contributed by atoms with Crippen molar-refractivity contribution in [2.45, 2.75) is 18.4 Å². The number of nitrogens with one attached hydrogen (secondary N) is 1. The van der Waals surface area contributed by atoms with Gasteiger partial charge in [0, 0.05) is 11.2 Å². The summed E-state index contributed by atoms with van der Waals surface area (Å²) in [6.07, 6.45) is 1.60. The first-order chi connectivity index (χ1) is 11.9. The van der Waals surface area contributed by atoms with E-state index in [1.165, 1.54) is 0 Å². The van der Waals surface area contributed by atoms with E-state index in [0.717, 1.165) is 11.1 Å². The summed E-state index contributed by atoms with van der Waals surface area (Å²) in [5.74, 6) is 0.601. The largest absolute Gasteiger partial charge is 0.242 e. The van der Waals surface area contributed by atoms with E-state index in [4.69, 9.17) is 11.6 Å². The maximum atomic E-state index is 12.4. The third kappa shape index (κ3) is 4.42. The molecule has 1 heterocycles. The van der Waals surface area contributed by atoms with Gasteiger partial charge in [0.15, 0.2) is 0 Å². The van der Waals surface area contributed by atoms with Crippen LogP contribution in [0.3, 0.4) is 0 Å². The number of rotatable bonds is 5. The average Bonchev–Trinajstić information content (AvgIpc) is 2.61. The standard InChI is InChI=1S/C18H16ClN3O2S/c1-13-20-11-10-17(22-13)12-21-25(23,24)18-8-4-15(5-9-18)14-2-6-16(19)7-3-14/h2-11,21H,12H2,1H3. The number of hydrogen-bond acceptors (Lipinski definition) is 4. The van der Waals surface area contributed by atoms with Gasteiger partial charge in [0.05, 0.1) is 17.1 Å². The predicted octanol–water partition coefficient (Wildman–Crippen LogP) is 3.58. The van der Waals surface area contributed by atoms with E-state index in [1.807, 2.05) is 12.1 Å². The van der Waals surface area contributed by atoms with Crippen LogP contribution in [0.5, 0.6) is 0 Å². The van der Waals surface area contributed by atoms with Crippen LogP contribution in [0.1, 0.15) is 11.5 Å². The Morgan fingerprint density at radius 1 is 0.960 bits per heavy atom. The second kappa shape index (κ2) is 7.31. The lowest BCUT2D eigenvalue weighted by Gasteiger charge is -2.08.